The predicted molar refractivity (Wildman–Crippen MR) is 42.3 cm³/mol. The van der Waals surface area contributed by atoms with Crippen LogP contribution < -0.4 is 0 Å². The Hall–Kier alpha value is -0.0800. The van der Waals surface area contributed by atoms with Gasteiger partial charge in [0.05, 0.1) is 0 Å². The van der Waals surface area contributed by atoms with Crippen LogP contribution >= 0.6 is 0 Å². The first-order chi connectivity index (χ1) is 4.85. The zero-order valence-corrected chi connectivity index (χ0v) is 7.10. The highest BCUT2D eigenvalue weighted by molar-refractivity contribution is 4.49. The highest BCUT2D eigenvalue weighted by atomic mass is 16.3. The third-order valence-electron chi connectivity index (χ3n) is 1.55. The van der Waals surface area contributed by atoms with Gasteiger partial charge in [0.25, 0.3) is 0 Å². The molecule has 0 saturated heterocycles. The van der Waals surface area contributed by atoms with Crippen molar-refractivity contribution in [2.24, 2.45) is 0 Å². The van der Waals surface area contributed by atoms with Gasteiger partial charge in [0.15, 0.2) is 0 Å². The summed E-state index contributed by atoms with van der Waals surface area (Å²) in [6.45, 7) is 6.16. The van der Waals surface area contributed by atoms with Gasteiger partial charge in [-0.1, -0.05) is 20.3 Å². The minimum absolute atomic E-state index is 0.0339. The van der Waals surface area contributed by atoms with Gasteiger partial charge in [-0.15, -0.1) is 0 Å². The van der Waals surface area contributed by atoms with Gasteiger partial charge in [0.1, 0.15) is 6.73 Å². The quantitative estimate of drug-likeness (QED) is 0.522. The second kappa shape index (κ2) is 7.03. The molecule has 0 amide bonds. The molecule has 0 bridgehead atoms. The summed E-state index contributed by atoms with van der Waals surface area (Å²) in [5.41, 5.74) is 0. The van der Waals surface area contributed by atoms with Crippen LogP contribution in [0.1, 0.15) is 33.1 Å². The molecule has 0 aromatic heterocycles. The molecular formula is C8H18NO. The summed E-state index contributed by atoms with van der Waals surface area (Å²) in [6.07, 6.45) is 3.43. The molecule has 0 saturated carbocycles. The second-order valence-corrected chi connectivity index (χ2v) is 2.60. The van der Waals surface area contributed by atoms with Crippen LogP contribution in [0.25, 0.3) is 0 Å². The lowest BCUT2D eigenvalue weighted by Crippen LogP contribution is -2.25. The number of rotatable bonds is 6. The maximum absolute atomic E-state index is 10.5. The van der Waals surface area contributed by atoms with Crippen molar-refractivity contribution in [3.05, 3.63) is 0 Å². The van der Waals surface area contributed by atoms with E-state index in [0.29, 0.717) is 0 Å². The maximum atomic E-state index is 10.5. The van der Waals surface area contributed by atoms with E-state index in [9.17, 15) is 5.11 Å². The average Bonchev–Trinajstić information content (AvgIpc) is 1.98. The van der Waals surface area contributed by atoms with E-state index < -0.39 is 0 Å². The molecule has 61 valence electrons. The monoisotopic (exact) mass is 144 g/mol. The molecule has 2 heteroatoms. The Morgan fingerprint density at radius 3 is 2.20 bits per heavy atom. The van der Waals surface area contributed by atoms with E-state index in [4.69, 9.17) is 0 Å². The van der Waals surface area contributed by atoms with Gasteiger partial charge in [-0.05, 0) is 12.8 Å². The van der Waals surface area contributed by atoms with Crippen LogP contribution in [0.5, 0.6) is 0 Å². The molecule has 1 radical (unpaired) electrons. The summed E-state index contributed by atoms with van der Waals surface area (Å²) in [5.74, 6) is 0. The average molecular weight is 144 g/mol. The van der Waals surface area contributed by atoms with Crippen molar-refractivity contribution in [2.45, 2.75) is 33.1 Å². The van der Waals surface area contributed by atoms with E-state index in [0.717, 1.165) is 25.9 Å². The number of unbranched alkanes of at least 4 members (excludes halogenated alkanes) is 1. The molecule has 2 nitrogen and oxygen atoms in total. The molecular weight excluding hydrogens is 126 g/mol. The summed E-state index contributed by atoms with van der Waals surface area (Å²) in [7, 11) is 0. The molecule has 0 aromatic carbocycles. The molecule has 0 aromatic rings. The molecule has 10 heavy (non-hydrogen) atoms. The van der Waals surface area contributed by atoms with Crippen LogP contribution in [0, 0.1) is 0 Å². The Morgan fingerprint density at radius 1 is 1.10 bits per heavy atom. The topological polar surface area (TPSA) is 23.1 Å². The number of nitrogens with zero attached hydrogens (tertiary/aromatic N) is 1. The fourth-order valence-corrected chi connectivity index (χ4v) is 0.939. The molecule has 0 N–H and O–H groups in total. The van der Waals surface area contributed by atoms with Crippen molar-refractivity contribution in [2.75, 3.05) is 19.8 Å². The van der Waals surface area contributed by atoms with Crippen LogP contribution in [-0.4, -0.2) is 24.7 Å². The molecule has 0 spiro atoms. The van der Waals surface area contributed by atoms with E-state index in [-0.39, 0.29) is 6.73 Å². The van der Waals surface area contributed by atoms with Crippen molar-refractivity contribution in [3.63, 3.8) is 0 Å². The second-order valence-electron chi connectivity index (χ2n) is 2.60. The smallest absolute Gasteiger partial charge is 0.135 e. The Kier molecular flexibility index (Phi) is 6.98. The molecule has 0 rings (SSSR count). The molecule has 0 aliphatic carbocycles. The summed E-state index contributed by atoms with van der Waals surface area (Å²) >= 11 is 0. The van der Waals surface area contributed by atoms with Crippen LogP contribution in [-0.2, 0) is 5.11 Å². The molecule has 0 aliphatic heterocycles. The van der Waals surface area contributed by atoms with Gasteiger partial charge in [-0.25, -0.2) is 5.11 Å². The largest absolute Gasteiger partial charge is 0.278 e. The molecule has 0 fully saturated rings. The van der Waals surface area contributed by atoms with Crippen molar-refractivity contribution in [3.8, 4) is 0 Å². The standard InChI is InChI=1S/C8H18NO/c1-3-5-7-9(8-10)6-4-2/h3-8H2,1-2H3. The summed E-state index contributed by atoms with van der Waals surface area (Å²) < 4.78 is 0. The number of hydrogen-bond acceptors (Lipinski definition) is 1. The molecule has 0 heterocycles. The summed E-state index contributed by atoms with van der Waals surface area (Å²) in [4.78, 5) is 1.96. The van der Waals surface area contributed by atoms with E-state index in [2.05, 4.69) is 13.8 Å². The van der Waals surface area contributed by atoms with Crippen LogP contribution in [0.3, 0.4) is 0 Å². The number of hydrogen-bond donors (Lipinski definition) is 0. The van der Waals surface area contributed by atoms with Gasteiger partial charge in [0, 0.05) is 13.1 Å². The van der Waals surface area contributed by atoms with Crippen molar-refractivity contribution < 1.29 is 5.11 Å². The first-order valence-electron chi connectivity index (χ1n) is 4.15. The minimum Gasteiger partial charge on any atom is -0.278 e. The van der Waals surface area contributed by atoms with E-state index in [1.807, 2.05) is 4.90 Å². The molecule has 0 atom stereocenters. The van der Waals surface area contributed by atoms with Crippen molar-refractivity contribution in [1.82, 2.24) is 4.90 Å². The highest BCUT2D eigenvalue weighted by Gasteiger charge is 1.99. The normalized spacial score (nSPS) is 10.8. The Morgan fingerprint density at radius 2 is 1.80 bits per heavy atom. The predicted octanol–water partition coefficient (Wildman–Crippen LogP) is 1.89. The van der Waals surface area contributed by atoms with Crippen LogP contribution in [0.15, 0.2) is 0 Å². The fraction of sp³-hybridized carbons (Fsp3) is 1.00. The lowest BCUT2D eigenvalue weighted by Gasteiger charge is -2.16. The van der Waals surface area contributed by atoms with Crippen molar-refractivity contribution in [1.29, 1.82) is 0 Å². The summed E-state index contributed by atoms with van der Waals surface area (Å²) in [6, 6.07) is 0. The fourth-order valence-electron chi connectivity index (χ4n) is 0.939. The first kappa shape index (κ1) is 9.92. The molecule has 0 aliphatic rings. The van der Waals surface area contributed by atoms with Gasteiger partial charge in [-0.2, -0.15) is 0 Å². The van der Waals surface area contributed by atoms with Crippen molar-refractivity contribution >= 4 is 0 Å². The van der Waals surface area contributed by atoms with Gasteiger partial charge >= 0.3 is 0 Å². The van der Waals surface area contributed by atoms with E-state index >= 15 is 0 Å². The highest BCUT2D eigenvalue weighted by Crippen LogP contribution is 1.94. The third kappa shape index (κ3) is 4.77. The van der Waals surface area contributed by atoms with Crippen LogP contribution in [0.2, 0.25) is 0 Å². The lowest BCUT2D eigenvalue weighted by molar-refractivity contribution is 0.0503. The maximum Gasteiger partial charge on any atom is 0.135 e. The van der Waals surface area contributed by atoms with Gasteiger partial charge in [0.2, 0.25) is 0 Å². The minimum atomic E-state index is -0.0339. The molecule has 0 unspecified atom stereocenters. The van der Waals surface area contributed by atoms with Gasteiger partial charge in [-0.3, -0.25) is 4.90 Å². The first-order valence-corrected chi connectivity index (χ1v) is 4.15. The Labute approximate surface area is 63.8 Å². The van der Waals surface area contributed by atoms with E-state index in [1.165, 1.54) is 6.42 Å². The van der Waals surface area contributed by atoms with Crippen LogP contribution in [0.4, 0.5) is 0 Å². The SMILES string of the molecule is CCCCN(C[O])CCC. The third-order valence-corrected chi connectivity index (χ3v) is 1.55. The van der Waals surface area contributed by atoms with E-state index in [1.54, 1.807) is 0 Å². The Bertz CT molecular complexity index is 66.3. The zero-order chi connectivity index (χ0) is 7.82. The Balaban J connectivity index is 3.21. The summed E-state index contributed by atoms with van der Waals surface area (Å²) in [5, 5.41) is 10.5. The lowest BCUT2D eigenvalue weighted by atomic mass is 10.3. The zero-order valence-electron chi connectivity index (χ0n) is 7.10. The van der Waals surface area contributed by atoms with Gasteiger partial charge < -0.3 is 0 Å².